The van der Waals surface area contributed by atoms with E-state index in [1.165, 1.54) is 23.8 Å². The lowest BCUT2D eigenvalue weighted by Gasteiger charge is -2.05. The van der Waals surface area contributed by atoms with Crippen molar-refractivity contribution in [1.29, 1.82) is 0 Å². The third kappa shape index (κ3) is 4.56. The molecule has 0 radical (unpaired) electrons. The van der Waals surface area contributed by atoms with Crippen LogP contribution >= 0.6 is 0 Å². The molecule has 1 aromatic heterocycles. The van der Waals surface area contributed by atoms with Crippen LogP contribution in [0.2, 0.25) is 0 Å². The van der Waals surface area contributed by atoms with Gasteiger partial charge in [-0.25, -0.2) is 4.79 Å². The molecule has 1 heterocycles. The maximum Gasteiger partial charge on any atom is 0.330 e. The van der Waals surface area contributed by atoms with Crippen molar-refractivity contribution < 1.29 is 9.53 Å². The Morgan fingerprint density at radius 2 is 1.71 bits per heavy atom. The van der Waals surface area contributed by atoms with E-state index in [9.17, 15) is 4.79 Å². The minimum absolute atomic E-state index is 0.291. The smallest absolute Gasteiger partial charge is 0.330 e. The Kier molecular flexibility index (Phi) is 5.27. The number of ether oxygens (including phenoxy) is 1. The van der Waals surface area contributed by atoms with E-state index in [2.05, 4.69) is 34.0 Å². The topological polar surface area (TPSA) is 39.2 Å². The molecule has 0 saturated carbocycles. The summed E-state index contributed by atoms with van der Waals surface area (Å²) in [5.41, 5.74) is 4.63. The fraction of sp³-hybridized carbons (Fsp3) is 0.222. The maximum atomic E-state index is 11.1. The summed E-state index contributed by atoms with van der Waals surface area (Å²) in [5.74, 6) is -0.291. The lowest BCUT2D eigenvalue weighted by atomic mass is 10.0. The monoisotopic (exact) mass is 281 g/mol. The van der Waals surface area contributed by atoms with Gasteiger partial charge in [0.25, 0.3) is 0 Å². The minimum atomic E-state index is -0.291. The Labute approximate surface area is 125 Å². The van der Waals surface area contributed by atoms with Gasteiger partial charge in [0.15, 0.2) is 0 Å². The van der Waals surface area contributed by atoms with Gasteiger partial charge < -0.3 is 4.74 Å². The van der Waals surface area contributed by atoms with E-state index in [0.29, 0.717) is 0 Å². The Hall–Kier alpha value is -2.42. The quantitative estimate of drug-likeness (QED) is 0.618. The van der Waals surface area contributed by atoms with Gasteiger partial charge in [0.1, 0.15) is 0 Å². The lowest BCUT2D eigenvalue weighted by Crippen LogP contribution is -1.96. The molecule has 0 bridgehead atoms. The summed E-state index contributed by atoms with van der Waals surface area (Å²) in [5, 5.41) is 0. The van der Waals surface area contributed by atoms with Crippen LogP contribution in [0.3, 0.4) is 0 Å². The molecule has 0 amide bonds. The molecule has 1 aromatic carbocycles. The van der Waals surface area contributed by atoms with Gasteiger partial charge in [-0.15, -0.1) is 0 Å². The van der Waals surface area contributed by atoms with Crippen LogP contribution in [0, 0.1) is 0 Å². The third-order valence-corrected chi connectivity index (χ3v) is 3.34. The van der Waals surface area contributed by atoms with Crippen molar-refractivity contribution in [1.82, 2.24) is 4.98 Å². The van der Waals surface area contributed by atoms with Crippen molar-refractivity contribution in [2.24, 2.45) is 0 Å². The molecule has 0 unspecified atom stereocenters. The van der Waals surface area contributed by atoms with Crippen molar-refractivity contribution in [2.45, 2.75) is 19.8 Å². The van der Waals surface area contributed by atoms with Crippen LogP contribution in [0.25, 0.3) is 11.1 Å². The number of aromatic nitrogens is 1. The first-order valence-electron chi connectivity index (χ1n) is 6.93. The number of pyridine rings is 1. The largest absolute Gasteiger partial charge is 0.466 e. The molecule has 21 heavy (non-hydrogen) atoms. The highest BCUT2D eigenvalue weighted by molar-refractivity contribution is 5.82. The van der Waals surface area contributed by atoms with Gasteiger partial charge in [0, 0.05) is 18.5 Å². The van der Waals surface area contributed by atoms with Crippen LogP contribution in [0.4, 0.5) is 0 Å². The van der Waals surface area contributed by atoms with Gasteiger partial charge in [-0.1, -0.05) is 29.8 Å². The molecule has 2 rings (SSSR count). The molecule has 3 heteroatoms. The summed E-state index contributed by atoms with van der Waals surface area (Å²) in [7, 11) is 1.39. The van der Waals surface area contributed by atoms with E-state index in [0.717, 1.165) is 18.4 Å². The second-order valence-corrected chi connectivity index (χ2v) is 4.95. The molecule has 0 aliphatic rings. The number of esters is 1. The van der Waals surface area contributed by atoms with E-state index in [1.54, 1.807) is 18.5 Å². The van der Waals surface area contributed by atoms with Crippen molar-refractivity contribution in [2.75, 3.05) is 7.11 Å². The van der Waals surface area contributed by atoms with Gasteiger partial charge in [-0.2, -0.15) is 0 Å². The second-order valence-electron chi connectivity index (χ2n) is 4.95. The van der Waals surface area contributed by atoms with E-state index in [-0.39, 0.29) is 5.97 Å². The van der Waals surface area contributed by atoms with Gasteiger partial charge in [0.05, 0.1) is 7.11 Å². The summed E-state index contributed by atoms with van der Waals surface area (Å²) in [4.78, 5) is 15.2. The Morgan fingerprint density at radius 3 is 2.33 bits per heavy atom. The molecule has 0 atom stereocenters. The van der Waals surface area contributed by atoms with E-state index in [1.807, 2.05) is 19.1 Å². The van der Waals surface area contributed by atoms with Crippen molar-refractivity contribution in [3.8, 4) is 11.1 Å². The molecule has 0 spiro atoms. The van der Waals surface area contributed by atoms with Crippen LogP contribution in [0.1, 0.15) is 18.9 Å². The van der Waals surface area contributed by atoms with Crippen LogP contribution in [-0.2, 0) is 16.0 Å². The summed E-state index contributed by atoms with van der Waals surface area (Å²) in [6, 6.07) is 12.5. The summed E-state index contributed by atoms with van der Waals surface area (Å²) in [6.45, 7) is 1.95. The summed E-state index contributed by atoms with van der Waals surface area (Å²) < 4.78 is 4.62. The highest BCUT2D eigenvalue weighted by atomic mass is 16.5. The molecular weight excluding hydrogens is 262 g/mol. The van der Waals surface area contributed by atoms with Crippen LogP contribution in [0.15, 0.2) is 60.4 Å². The number of carbonyl (C=O) groups is 1. The third-order valence-electron chi connectivity index (χ3n) is 3.34. The van der Waals surface area contributed by atoms with Crippen molar-refractivity contribution in [3.63, 3.8) is 0 Å². The number of nitrogens with zero attached hydrogens (tertiary/aromatic N) is 1. The zero-order valence-corrected chi connectivity index (χ0v) is 12.4. The zero-order valence-electron chi connectivity index (χ0n) is 12.4. The van der Waals surface area contributed by atoms with Crippen molar-refractivity contribution in [3.05, 3.63) is 66.0 Å². The first-order chi connectivity index (χ1) is 10.2. The zero-order chi connectivity index (χ0) is 15.1. The Bertz CT molecular complexity index is 615. The fourth-order valence-electron chi connectivity index (χ4n) is 2.08. The highest BCUT2D eigenvalue weighted by Gasteiger charge is 2.00. The SMILES string of the molecule is COC(=O)/C=C(\C)CCc1ccc(-c2ccncc2)cc1. The minimum Gasteiger partial charge on any atom is -0.466 e. The normalized spacial score (nSPS) is 11.2. The number of benzene rings is 1. The van der Waals surface area contributed by atoms with Crippen LogP contribution in [-0.4, -0.2) is 18.1 Å². The van der Waals surface area contributed by atoms with Gasteiger partial charge in [-0.05, 0) is 48.6 Å². The molecular formula is C18H19NO2. The van der Waals surface area contributed by atoms with E-state index >= 15 is 0 Å². The first-order valence-corrected chi connectivity index (χ1v) is 6.93. The number of methoxy groups -OCH3 is 1. The fourth-order valence-corrected chi connectivity index (χ4v) is 2.08. The Balaban J connectivity index is 1.97. The van der Waals surface area contributed by atoms with Crippen molar-refractivity contribution >= 4 is 5.97 Å². The average molecular weight is 281 g/mol. The predicted octanol–water partition coefficient (Wildman–Crippen LogP) is 3.80. The molecule has 0 saturated heterocycles. The number of hydrogen-bond donors (Lipinski definition) is 0. The average Bonchev–Trinajstić information content (AvgIpc) is 2.54. The van der Waals surface area contributed by atoms with E-state index < -0.39 is 0 Å². The van der Waals surface area contributed by atoms with Gasteiger partial charge in [0.2, 0.25) is 0 Å². The molecule has 3 nitrogen and oxygen atoms in total. The molecule has 0 aliphatic carbocycles. The number of hydrogen-bond acceptors (Lipinski definition) is 3. The molecule has 0 fully saturated rings. The molecule has 0 aliphatic heterocycles. The standard InChI is InChI=1S/C18H19NO2/c1-14(13-18(20)21-2)3-4-15-5-7-16(8-6-15)17-9-11-19-12-10-17/h5-13H,3-4H2,1-2H3/b14-13+. The van der Waals surface area contributed by atoms with Gasteiger partial charge >= 0.3 is 5.97 Å². The number of aryl methyl sites for hydroxylation is 1. The van der Waals surface area contributed by atoms with E-state index in [4.69, 9.17) is 0 Å². The Morgan fingerprint density at radius 1 is 1.10 bits per heavy atom. The predicted molar refractivity (Wildman–Crippen MR) is 83.8 cm³/mol. The first kappa shape index (κ1) is 15.0. The number of carbonyl (C=O) groups excluding carboxylic acids is 1. The molecule has 108 valence electrons. The van der Waals surface area contributed by atoms with Crippen LogP contribution < -0.4 is 0 Å². The summed E-state index contributed by atoms with van der Waals surface area (Å²) in [6.07, 6.45) is 6.90. The maximum absolute atomic E-state index is 11.1. The molecule has 0 N–H and O–H groups in total. The lowest BCUT2D eigenvalue weighted by molar-refractivity contribution is -0.134. The van der Waals surface area contributed by atoms with Gasteiger partial charge in [-0.3, -0.25) is 4.98 Å². The number of rotatable bonds is 5. The highest BCUT2D eigenvalue weighted by Crippen LogP contribution is 2.19. The second kappa shape index (κ2) is 7.39. The van der Waals surface area contributed by atoms with Crippen LogP contribution in [0.5, 0.6) is 0 Å². The molecule has 2 aromatic rings. The number of allylic oxidation sites excluding steroid dienone is 1. The summed E-state index contributed by atoms with van der Waals surface area (Å²) >= 11 is 0.